The summed E-state index contributed by atoms with van der Waals surface area (Å²) >= 11 is 1.60. The normalized spacial score (nSPS) is 18.3. The minimum Gasteiger partial charge on any atom is -0.347 e. The zero-order chi connectivity index (χ0) is 15.6. The highest BCUT2D eigenvalue weighted by atomic mass is 32.1. The van der Waals surface area contributed by atoms with Crippen LogP contribution in [0.15, 0.2) is 11.3 Å². The number of nitrogens with one attached hydrogen (secondary N) is 3. The fraction of sp³-hybridized carbons (Fsp3) is 0.500. The van der Waals surface area contributed by atoms with Gasteiger partial charge in [0, 0.05) is 10.6 Å². The molecule has 1 aromatic heterocycles. The highest BCUT2D eigenvalue weighted by Gasteiger charge is 2.26. The van der Waals surface area contributed by atoms with Gasteiger partial charge < -0.3 is 16.0 Å². The molecule has 1 atom stereocenters. The number of allylic oxidation sites excluding steroid dienone is 1. The SMILES string of the molecule is CCc1nc(C)sc1CNC(=O)C1=C(C)NC(=O)NC1C. The topological polar surface area (TPSA) is 83.1 Å². The average molecular weight is 308 g/mol. The molecule has 3 N–H and O–H groups in total. The minimum absolute atomic E-state index is 0.166. The zero-order valence-corrected chi connectivity index (χ0v) is 13.5. The van der Waals surface area contributed by atoms with Gasteiger partial charge in [-0.05, 0) is 27.2 Å². The van der Waals surface area contributed by atoms with Crippen LogP contribution in [0.25, 0.3) is 0 Å². The molecule has 7 heteroatoms. The standard InChI is InChI=1S/C14H20N4O2S/c1-5-10-11(21-9(4)18-10)6-15-13(19)12-7(2)16-14(20)17-8(12)3/h7H,5-6H2,1-4H3,(H,15,19)(H2,16,17,20). The lowest BCUT2D eigenvalue weighted by atomic mass is 10.0. The Bertz CT molecular complexity index is 606. The summed E-state index contributed by atoms with van der Waals surface area (Å²) < 4.78 is 0. The van der Waals surface area contributed by atoms with E-state index < -0.39 is 0 Å². The summed E-state index contributed by atoms with van der Waals surface area (Å²) in [6.07, 6.45) is 0.852. The molecule has 0 radical (unpaired) electrons. The number of thiazole rings is 1. The first-order valence-electron chi connectivity index (χ1n) is 6.94. The summed E-state index contributed by atoms with van der Waals surface area (Å²) in [4.78, 5) is 29.2. The number of nitrogens with zero attached hydrogens (tertiary/aromatic N) is 1. The van der Waals surface area contributed by atoms with Gasteiger partial charge in [0.05, 0.1) is 28.9 Å². The molecule has 0 spiro atoms. The van der Waals surface area contributed by atoms with E-state index in [-0.39, 0.29) is 18.0 Å². The first-order valence-corrected chi connectivity index (χ1v) is 7.75. The van der Waals surface area contributed by atoms with Gasteiger partial charge in [0.25, 0.3) is 5.91 Å². The third-order valence-corrected chi connectivity index (χ3v) is 4.37. The van der Waals surface area contributed by atoms with Gasteiger partial charge in [-0.1, -0.05) is 6.92 Å². The Morgan fingerprint density at radius 2 is 2.14 bits per heavy atom. The second-order valence-electron chi connectivity index (χ2n) is 5.00. The van der Waals surface area contributed by atoms with Crippen molar-refractivity contribution in [3.8, 4) is 0 Å². The van der Waals surface area contributed by atoms with Gasteiger partial charge in [0.15, 0.2) is 0 Å². The van der Waals surface area contributed by atoms with E-state index in [1.54, 1.807) is 25.2 Å². The van der Waals surface area contributed by atoms with E-state index in [0.717, 1.165) is 22.0 Å². The summed E-state index contributed by atoms with van der Waals surface area (Å²) in [6.45, 7) is 8.01. The highest BCUT2D eigenvalue weighted by Crippen LogP contribution is 2.19. The molecule has 1 aromatic rings. The fourth-order valence-electron chi connectivity index (χ4n) is 2.42. The molecule has 0 bridgehead atoms. The van der Waals surface area contributed by atoms with Crippen molar-refractivity contribution in [2.45, 2.75) is 46.7 Å². The first kappa shape index (κ1) is 15.5. The summed E-state index contributed by atoms with van der Waals surface area (Å²) in [7, 11) is 0. The maximum Gasteiger partial charge on any atom is 0.319 e. The lowest BCUT2D eigenvalue weighted by molar-refractivity contribution is -0.118. The number of aromatic nitrogens is 1. The lowest BCUT2D eigenvalue weighted by Crippen LogP contribution is -2.50. The third kappa shape index (κ3) is 3.41. The van der Waals surface area contributed by atoms with Gasteiger partial charge in [0.1, 0.15) is 0 Å². The van der Waals surface area contributed by atoms with E-state index in [0.29, 0.717) is 17.8 Å². The van der Waals surface area contributed by atoms with Crippen molar-refractivity contribution in [1.82, 2.24) is 20.9 Å². The van der Waals surface area contributed by atoms with Crippen molar-refractivity contribution in [2.75, 3.05) is 0 Å². The largest absolute Gasteiger partial charge is 0.347 e. The molecule has 1 unspecified atom stereocenters. The number of amides is 3. The quantitative estimate of drug-likeness (QED) is 0.790. The van der Waals surface area contributed by atoms with Crippen LogP contribution in [0.5, 0.6) is 0 Å². The van der Waals surface area contributed by atoms with E-state index in [9.17, 15) is 9.59 Å². The van der Waals surface area contributed by atoms with Gasteiger partial charge in [-0.15, -0.1) is 11.3 Å². The van der Waals surface area contributed by atoms with Crippen LogP contribution in [0.4, 0.5) is 4.79 Å². The van der Waals surface area contributed by atoms with E-state index in [2.05, 4.69) is 27.9 Å². The van der Waals surface area contributed by atoms with Crippen molar-refractivity contribution in [3.05, 3.63) is 26.8 Å². The predicted molar refractivity (Wildman–Crippen MR) is 81.9 cm³/mol. The fourth-order valence-corrected chi connectivity index (χ4v) is 3.38. The molecule has 2 rings (SSSR count). The Morgan fingerprint density at radius 1 is 1.43 bits per heavy atom. The Morgan fingerprint density at radius 3 is 2.76 bits per heavy atom. The second-order valence-corrected chi connectivity index (χ2v) is 6.29. The number of hydrogen-bond acceptors (Lipinski definition) is 4. The Balaban J connectivity index is 2.08. The molecule has 0 aliphatic carbocycles. The molecular weight excluding hydrogens is 288 g/mol. The van der Waals surface area contributed by atoms with Crippen molar-refractivity contribution in [3.63, 3.8) is 0 Å². The maximum atomic E-state index is 12.3. The van der Waals surface area contributed by atoms with Gasteiger partial charge in [-0.3, -0.25) is 4.79 Å². The average Bonchev–Trinajstić information content (AvgIpc) is 2.75. The minimum atomic E-state index is -0.299. The van der Waals surface area contributed by atoms with Gasteiger partial charge >= 0.3 is 6.03 Å². The van der Waals surface area contributed by atoms with Crippen LogP contribution in [0, 0.1) is 6.92 Å². The lowest BCUT2D eigenvalue weighted by Gasteiger charge is -2.25. The van der Waals surface area contributed by atoms with Gasteiger partial charge in [-0.2, -0.15) is 0 Å². The Labute approximate surface area is 128 Å². The van der Waals surface area contributed by atoms with E-state index in [1.165, 1.54) is 0 Å². The second kappa shape index (κ2) is 6.26. The number of urea groups is 1. The number of rotatable bonds is 4. The molecule has 0 saturated carbocycles. The van der Waals surface area contributed by atoms with E-state index in [4.69, 9.17) is 0 Å². The molecule has 0 aromatic carbocycles. The zero-order valence-electron chi connectivity index (χ0n) is 12.7. The van der Waals surface area contributed by atoms with Gasteiger partial charge in [0.2, 0.25) is 0 Å². The molecular formula is C14H20N4O2S. The summed E-state index contributed by atoms with van der Waals surface area (Å²) in [5.74, 6) is -0.166. The van der Waals surface area contributed by atoms with Gasteiger partial charge in [-0.25, -0.2) is 9.78 Å². The highest BCUT2D eigenvalue weighted by molar-refractivity contribution is 7.11. The molecule has 114 valence electrons. The van der Waals surface area contributed by atoms with E-state index >= 15 is 0 Å². The summed E-state index contributed by atoms with van der Waals surface area (Å²) in [5.41, 5.74) is 2.19. The van der Waals surface area contributed by atoms with Crippen LogP contribution in [0.1, 0.15) is 36.3 Å². The van der Waals surface area contributed by atoms with Crippen LogP contribution in [-0.2, 0) is 17.8 Å². The Kier molecular flexibility index (Phi) is 4.62. The molecule has 2 heterocycles. The maximum absolute atomic E-state index is 12.3. The molecule has 0 fully saturated rings. The van der Waals surface area contributed by atoms with Crippen molar-refractivity contribution < 1.29 is 9.59 Å². The molecule has 6 nitrogen and oxygen atoms in total. The third-order valence-electron chi connectivity index (χ3n) is 3.36. The number of carbonyl (C=O) groups is 2. The molecule has 3 amide bonds. The van der Waals surface area contributed by atoms with Crippen LogP contribution < -0.4 is 16.0 Å². The number of hydrogen-bond donors (Lipinski definition) is 3. The van der Waals surface area contributed by atoms with Crippen molar-refractivity contribution in [1.29, 1.82) is 0 Å². The molecule has 21 heavy (non-hydrogen) atoms. The van der Waals surface area contributed by atoms with E-state index in [1.807, 2.05) is 6.92 Å². The monoisotopic (exact) mass is 308 g/mol. The Hall–Kier alpha value is -1.89. The number of aryl methyl sites for hydroxylation is 2. The first-order chi connectivity index (χ1) is 9.92. The predicted octanol–water partition coefficient (Wildman–Crippen LogP) is 1.61. The van der Waals surface area contributed by atoms with Crippen LogP contribution >= 0.6 is 11.3 Å². The molecule has 1 aliphatic heterocycles. The smallest absolute Gasteiger partial charge is 0.319 e. The van der Waals surface area contributed by atoms with Crippen LogP contribution in [0.3, 0.4) is 0 Å². The van der Waals surface area contributed by atoms with Crippen LogP contribution in [-0.4, -0.2) is 23.0 Å². The molecule has 0 saturated heterocycles. The molecule has 1 aliphatic rings. The van der Waals surface area contributed by atoms with Crippen molar-refractivity contribution in [2.24, 2.45) is 0 Å². The summed E-state index contributed by atoms with van der Waals surface area (Å²) in [6, 6.07) is -0.574. The summed E-state index contributed by atoms with van der Waals surface area (Å²) in [5, 5.41) is 9.23. The van der Waals surface area contributed by atoms with Crippen LogP contribution in [0.2, 0.25) is 0 Å². The number of carbonyl (C=O) groups excluding carboxylic acids is 2. The van der Waals surface area contributed by atoms with Crippen molar-refractivity contribution >= 4 is 23.3 Å².